The normalized spacial score (nSPS) is 18.0. The maximum atomic E-state index is 12.6. The summed E-state index contributed by atoms with van der Waals surface area (Å²) in [5.74, 6) is 0.331. The van der Waals surface area contributed by atoms with Crippen molar-refractivity contribution in [2.45, 2.75) is 129 Å². The summed E-state index contributed by atoms with van der Waals surface area (Å²) >= 11 is 0. The highest BCUT2D eigenvalue weighted by atomic mass is 79.9. The van der Waals surface area contributed by atoms with Crippen molar-refractivity contribution in [1.29, 1.82) is 0 Å². The lowest BCUT2D eigenvalue weighted by Gasteiger charge is -2.38. The van der Waals surface area contributed by atoms with Crippen molar-refractivity contribution in [3.8, 4) is 0 Å². The number of halogens is 1. The molecule has 1 aromatic rings. The standard InChI is InChI=1S/C32H56NO2.BrH/c1-4-5-6-7-8-9-10-11-12-13-14-15-16-22-27-33(2,3)28-30-25-20-21-26-31(30)35-32(34)29-23-18-17-19-24-29;/h17-19,23-24,30-31H,4-16,20-22,25-28H2,1-3H3;1H/q+1;/p-1/t30-,31-;/m1./s1. The molecule has 1 aromatic carbocycles. The van der Waals surface area contributed by atoms with Crippen molar-refractivity contribution < 1.29 is 31.0 Å². The van der Waals surface area contributed by atoms with Crippen LogP contribution in [0, 0.1) is 5.92 Å². The van der Waals surface area contributed by atoms with E-state index in [4.69, 9.17) is 4.74 Å². The highest BCUT2D eigenvalue weighted by Crippen LogP contribution is 2.29. The molecule has 0 radical (unpaired) electrons. The first-order valence-electron chi connectivity index (χ1n) is 15.1. The van der Waals surface area contributed by atoms with Crippen molar-refractivity contribution in [1.82, 2.24) is 0 Å². The van der Waals surface area contributed by atoms with Crippen molar-refractivity contribution in [2.24, 2.45) is 5.92 Å². The van der Waals surface area contributed by atoms with Crippen molar-refractivity contribution >= 4 is 5.97 Å². The van der Waals surface area contributed by atoms with Gasteiger partial charge in [-0.2, -0.15) is 0 Å². The SMILES string of the molecule is CCCCCCCCCCCCCCCC[N+](C)(C)C[C@H]1CCCC[C@H]1OC(=O)c1ccccc1.[Br-]. The Hall–Kier alpha value is -0.870. The Morgan fingerprint density at radius 2 is 1.28 bits per heavy atom. The molecule has 3 nitrogen and oxygen atoms in total. The summed E-state index contributed by atoms with van der Waals surface area (Å²) in [6.07, 6.45) is 24.5. The third-order valence-electron chi connectivity index (χ3n) is 7.95. The molecule has 0 saturated heterocycles. The van der Waals surface area contributed by atoms with Crippen LogP contribution in [0.3, 0.4) is 0 Å². The predicted molar refractivity (Wildman–Crippen MR) is 150 cm³/mol. The molecular formula is C32H56BrNO2. The number of carbonyl (C=O) groups is 1. The minimum Gasteiger partial charge on any atom is -1.00 e. The summed E-state index contributed by atoms with van der Waals surface area (Å²) < 4.78 is 7.06. The number of benzene rings is 1. The zero-order valence-electron chi connectivity index (χ0n) is 23.8. The lowest BCUT2D eigenvalue weighted by Crippen LogP contribution is -3.00. The van der Waals surface area contributed by atoms with Crippen LogP contribution in [0.25, 0.3) is 0 Å². The number of rotatable bonds is 19. The van der Waals surface area contributed by atoms with E-state index in [0.717, 1.165) is 17.4 Å². The number of ether oxygens (including phenoxy) is 1. The van der Waals surface area contributed by atoms with E-state index in [2.05, 4.69) is 21.0 Å². The van der Waals surface area contributed by atoms with Gasteiger partial charge in [0.05, 0.1) is 32.7 Å². The van der Waals surface area contributed by atoms with Gasteiger partial charge in [-0.3, -0.25) is 0 Å². The summed E-state index contributed by atoms with van der Waals surface area (Å²) in [6, 6.07) is 9.47. The van der Waals surface area contributed by atoms with Crippen LogP contribution in [0.2, 0.25) is 0 Å². The first kappa shape index (κ1) is 33.2. The average molecular weight is 567 g/mol. The fourth-order valence-electron chi connectivity index (χ4n) is 5.78. The molecule has 0 heterocycles. The summed E-state index contributed by atoms with van der Waals surface area (Å²) in [5.41, 5.74) is 0.674. The second-order valence-corrected chi connectivity index (χ2v) is 11.8. The maximum absolute atomic E-state index is 12.6. The molecule has 36 heavy (non-hydrogen) atoms. The minimum atomic E-state index is -0.153. The zero-order valence-corrected chi connectivity index (χ0v) is 25.4. The van der Waals surface area contributed by atoms with Crippen LogP contribution in [0.15, 0.2) is 30.3 Å². The van der Waals surface area contributed by atoms with Crippen LogP contribution < -0.4 is 17.0 Å². The van der Waals surface area contributed by atoms with Crippen molar-refractivity contribution in [2.75, 3.05) is 27.2 Å². The van der Waals surface area contributed by atoms with Gasteiger partial charge in [0.2, 0.25) is 0 Å². The molecule has 0 unspecified atom stereocenters. The van der Waals surface area contributed by atoms with Crippen LogP contribution in [-0.4, -0.2) is 43.7 Å². The van der Waals surface area contributed by atoms with E-state index in [0.29, 0.717) is 11.5 Å². The topological polar surface area (TPSA) is 26.3 Å². The Morgan fingerprint density at radius 1 is 0.778 bits per heavy atom. The van der Waals surface area contributed by atoms with Crippen LogP contribution in [0.4, 0.5) is 0 Å². The van der Waals surface area contributed by atoms with Crippen molar-refractivity contribution in [3.63, 3.8) is 0 Å². The number of esters is 1. The molecule has 0 bridgehead atoms. The van der Waals surface area contributed by atoms with Gasteiger partial charge in [0.25, 0.3) is 0 Å². The van der Waals surface area contributed by atoms with E-state index < -0.39 is 0 Å². The first-order chi connectivity index (χ1) is 17.0. The van der Waals surface area contributed by atoms with Gasteiger partial charge in [-0.15, -0.1) is 0 Å². The van der Waals surface area contributed by atoms with E-state index in [-0.39, 0.29) is 29.1 Å². The summed E-state index contributed by atoms with van der Waals surface area (Å²) in [6.45, 7) is 4.64. The Bertz CT molecular complexity index is 663. The number of carbonyl (C=O) groups excluding carboxylic acids is 1. The van der Waals surface area contributed by atoms with Crippen LogP contribution in [0.1, 0.15) is 133 Å². The van der Waals surface area contributed by atoms with Gasteiger partial charge in [-0.05, 0) is 44.2 Å². The highest BCUT2D eigenvalue weighted by molar-refractivity contribution is 5.89. The molecule has 2 atom stereocenters. The van der Waals surface area contributed by atoms with Crippen LogP contribution >= 0.6 is 0 Å². The molecule has 0 aromatic heterocycles. The Morgan fingerprint density at radius 3 is 1.83 bits per heavy atom. The molecule has 0 amide bonds. The lowest BCUT2D eigenvalue weighted by atomic mass is 9.85. The number of unbranched alkanes of at least 4 members (excludes halogenated alkanes) is 13. The third kappa shape index (κ3) is 14.8. The van der Waals surface area contributed by atoms with E-state index in [9.17, 15) is 4.79 Å². The fourth-order valence-corrected chi connectivity index (χ4v) is 5.78. The predicted octanol–water partition coefficient (Wildman–Crippen LogP) is 5.96. The number of quaternary nitrogens is 1. The average Bonchev–Trinajstić information content (AvgIpc) is 2.85. The van der Waals surface area contributed by atoms with Crippen LogP contribution in [0.5, 0.6) is 0 Å². The molecule has 0 N–H and O–H groups in total. The number of nitrogens with zero attached hydrogens (tertiary/aromatic N) is 1. The second-order valence-electron chi connectivity index (χ2n) is 11.8. The summed E-state index contributed by atoms with van der Waals surface area (Å²) in [7, 11) is 4.74. The summed E-state index contributed by atoms with van der Waals surface area (Å²) in [4.78, 5) is 12.6. The monoisotopic (exact) mass is 565 g/mol. The first-order valence-corrected chi connectivity index (χ1v) is 15.1. The van der Waals surface area contributed by atoms with Gasteiger partial charge in [0, 0.05) is 5.92 Å². The molecule has 0 spiro atoms. The highest BCUT2D eigenvalue weighted by Gasteiger charge is 2.33. The quantitative estimate of drug-likeness (QED) is 0.117. The van der Waals surface area contributed by atoms with E-state index in [1.165, 1.54) is 116 Å². The molecule has 0 aliphatic heterocycles. The van der Waals surface area contributed by atoms with E-state index >= 15 is 0 Å². The van der Waals surface area contributed by atoms with Gasteiger partial charge in [-0.1, -0.05) is 109 Å². The Kier molecular flexibility index (Phi) is 18.5. The van der Waals surface area contributed by atoms with Gasteiger partial charge in [-0.25, -0.2) is 4.79 Å². The number of hydrogen-bond donors (Lipinski definition) is 0. The molecule has 1 aliphatic carbocycles. The molecule has 4 heteroatoms. The van der Waals surface area contributed by atoms with Gasteiger partial charge in [0.1, 0.15) is 6.10 Å². The molecule has 1 aliphatic rings. The van der Waals surface area contributed by atoms with Gasteiger partial charge >= 0.3 is 5.97 Å². The number of hydrogen-bond acceptors (Lipinski definition) is 2. The molecule has 1 saturated carbocycles. The minimum absolute atomic E-state index is 0. The van der Waals surface area contributed by atoms with E-state index in [1.807, 2.05) is 30.3 Å². The van der Waals surface area contributed by atoms with Gasteiger partial charge < -0.3 is 26.2 Å². The maximum Gasteiger partial charge on any atom is 0.338 e. The lowest BCUT2D eigenvalue weighted by molar-refractivity contribution is -0.894. The van der Waals surface area contributed by atoms with Gasteiger partial charge in [0.15, 0.2) is 0 Å². The van der Waals surface area contributed by atoms with E-state index in [1.54, 1.807) is 0 Å². The largest absolute Gasteiger partial charge is 1.00 e. The second kappa shape index (κ2) is 20.1. The summed E-state index contributed by atoms with van der Waals surface area (Å²) in [5, 5.41) is 0. The van der Waals surface area contributed by atoms with Crippen LogP contribution in [-0.2, 0) is 4.74 Å². The zero-order chi connectivity index (χ0) is 25.2. The smallest absolute Gasteiger partial charge is 0.338 e. The molecule has 2 rings (SSSR count). The molecule has 208 valence electrons. The fraction of sp³-hybridized carbons (Fsp3) is 0.781. The molecule has 1 fully saturated rings. The van der Waals surface area contributed by atoms with Crippen molar-refractivity contribution in [3.05, 3.63) is 35.9 Å². The molecular weight excluding hydrogens is 510 g/mol. The third-order valence-corrected chi connectivity index (χ3v) is 7.95. The Balaban J connectivity index is 0.00000648. The Labute approximate surface area is 234 Å².